The summed E-state index contributed by atoms with van der Waals surface area (Å²) >= 11 is 0. The van der Waals surface area contributed by atoms with Gasteiger partial charge in [0.1, 0.15) is 11.9 Å². The number of hydrogen-bond acceptors (Lipinski definition) is 4. The van der Waals surface area contributed by atoms with Gasteiger partial charge in [-0.15, -0.1) is 0 Å². The fourth-order valence-corrected chi connectivity index (χ4v) is 9.56. The molecule has 0 spiro atoms. The van der Waals surface area contributed by atoms with Crippen LogP contribution in [0.15, 0.2) is 0 Å². The lowest BCUT2D eigenvalue weighted by Gasteiger charge is -2.62. The van der Waals surface area contributed by atoms with Gasteiger partial charge < -0.3 is 9.84 Å². The number of esters is 1. The molecule has 200 valence electrons. The van der Waals surface area contributed by atoms with Crippen LogP contribution in [-0.4, -0.2) is 29.1 Å². The van der Waals surface area contributed by atoms with E-state index in [1.807, 2.05) is 0 Å². The number of unbranched alkanes of at least 4 members (excludes halogenated alkanes) is 6. The van der Waals surface area contributed by atoms with Gasteiger partial charge in [-0.05, 0) is 87.4 Å². The van der Waals surface area contributed by atoms with Gasteiger partial charge in [0.15, 0.2) is 0 Å². The van der Waals surface area contributed by atoms with Crippen LogP contribution in [-0.2, 0) is 14.3 Å². The average molecular weight is 489 g/mol. The van der Waals surface area contributed by atoms with E-state index in [4.69, 9.17) is 4.74 Å². The maximum Gasteiger partial charge on any atom is 0.306 e. The summed E-state index contributed by atoms with van der Waals surface area (Å²) < 4.78 is 6.27. The lowest BCUT2D eigenvalue weighted by Crippen LogP contribution is -2.60. The van der Waals surface area contributed by atoms with Crippen LogP contribution in [0.1, 0.15) is 130 Å². The van der Waals surface area contributed by atoms with Crippen molar-refractivity contribution >= 4 is 11.8 Å². The second-order valence-electron chi connectivity index (χ2n) is 13.3. The fraction of sp³-hybridized carbons (Fsp3) is 0.935. The molecule has 4 heteroatoms. The Labute approximate surface area is 214 Å². The molecule has 0 heterocycles. The summed E-state index contributed by atoms with van der Waals surface area (Å²) in [5, 5.41) is 10.7. The molecule has 4 fully saturated rings. The van der Waals surface area contributed by atoms with Crippen LogP contribution in [0.25, 0.3) is 0 Å². The lowest BCUT2D eigenvalue weighted by molar-refractivity contribution is -0.202. The number of ether oxygens (including phenoxy) is 1. The largest absolute Gasteiger partial charge is 0.462 e. The Balaban J connectivity index is 1.41. The maximum absolute atomic E-state index is 12.9. The van der Waals surface area contributed by atoms with E-state index in [0.29, 0.717) is 42.3 Å². The number of carbonyl (C=O) groups excluding carboxylic acids is 2. The molecule has 0 bridgehead atoms. The van der Waals surface area contributed by atoms with Crippen molar-refractivity contribution < 1.29 is 19.4 Å². The van der Waals surface area contributed by atoms with Crippen LogP contribution >= 0.6 is 0 Å². The van der Waals surface area contributed by atoms with E-state index < -0.39 is 0 Å². The van der Waals surface area contributed by atoms with Crippen molar-refractivity contribution in [3.63, 3.8) is 0 Å². The van der Waals surface area contributed by atoms with Gasteiger partial charge in [0.05, 0.1) is 6.10 Å². The van der Waals surface area contributed by atoms with Crippen molar-refractivity contribution in [2.75, 3.05) is 0 Å². The number of rotatable bonds is 10. The minimum atomic E-state index is -0.358. The third-order valence-corrected chi connectivity index (χ3v) is 11.4. The Kier molecular flexibility index (Phi) is 8.71. The quantitative estimate of drug-likeness (QED) is 0.260. The lowest BCUT2D eigenvalue weighted by atomic mass is 9.44. The van der Waals surface area contributed by atoms with E-state index in [0.717, 1.165) is 44.9 Å². The Bertz CT molecular complexity index is 748. The fourth-order valence-electron chi connectivity index (χ4n) is 9.56. The topological polar surface area (TPSA) is 63.6 Å². The van der Waals surface area contributed by atoms with Gasteiger partial charge in [-0.1, -0.05) is 59.3 Å². The molecule has 0 radical (unpaired) electrons. The summed E-state index contributed by atoms with van der Waals surface area (Å²) in [7, 11) is 0. The zero-order chi connectivity index (χ0) is 25.2. The average Bonchev–Trinajstić information content (AvgIpc) is 3.17. The molecule has 4 aliphatic carbocycles. The van der Waals surface area contributed by atoms with Crippen molar-refractivity contribution in [2.45, 2.75) is 143 Å². The van der Waals surface area contributed by atoms with E-state index >= 15 is 0 Å². The number of aliphatic hydroxyl groups excluding tert-OH is 1. The highest BCUT2D eigenvalue weighted by molar-refractivity contribution is 5.79. The smallest absolute Gasteiger partial charge is 0.306 e. The molecular formula is C31H52O4. The highest BCUT2D eigenvalue weighted by atomic mass is 16.5. The van der Waals surface area contributed by atoms with Gasteiger partial charge in [0.25, 0.3) is 0 Å². The molecular weight excluding hydrogens is 436 g/mol. The zero-order valence-electron chi connectivity index (χ0n) is 23.0. The van der Waals surface area contributed by atoms with E-state index in [2.05, 4.69) is 20.8 Å². The van der Waals surface area contributed by atoms with Gasteiger partial charge in [-0.2, -0.15) is 0 Å². The van der Waals surface area contributed by atoms with Crippen molar-refractivity contribution in [3.8, 4) is 0 Å². The Morgan fingerprint density at radius 1 is 0.886 bits per heavy atom. The summed E-state index contributed by atoms with van der Waals surface area (Å²) in [6, 6.07) is 0. The van der Waals surface area contributed by atoms with Gasteiger partial charge in [0.2, 0.25) is 0 Å². The van der Waals surface area contributed by atoms with Crippen LogP contribution in [0.2, 0.25) is 0 Å². The Morgan fingerprint density at radius 3 is 2.31 bits per heavy atom. The summed E-state index contributed by atoms with van der Waals surface area (Å²) in [5.74, 6) is 2.75. The summed E-state index contributed by atoms with van der Waals surface area (Å²) in [5.41, 5.74) is 0.0985. The van der Waals surface area contributed by atoms with Crippen LogP contribution in [0.4, 0.5) is 0 Å². The van der Waals surface area contributed by atoms with Crippen LogP contribution in [0.5, 0.6) is 0 Å². The number of carbonyl (C=O) groups is 2. The normalized spacial score (nSPS) is 42.6. The second-order valence-corrected chi connectivity index (χ2v) is 13.3. The Morgan fingerprint density at radius 2 is 1.60 bits per heavy atom. The maximum atomic E-state index is 12.9. The van der Waals surface area contributed by atoms with Gasteiger partial charge >= 0.3 is 5.97 Å². The number of fused-ring (bicyclic) bond motifs is 5. The predicted octanol–water partition coefficient (Wildman–Crippen LogP) is 7.26. The van der Waals surface area contributed by atoms with Crippen LogP contribution < -0.4 is 0 Å². The molecule has 1 N–H and O–H groups in total. The van der Waals surface area contributed by atoms with E-state index in [1.165, 1.54) is 44.9 Å². The molecule has 1 unspecified atom stereocenters. The molecule has 0 saturated heterocycles. The number of aliphatic hydroxyl groups is 1. The highest BCUT2D eigenvalue weighted by Crippen LogP contribution is 2.67. The molecule has 4 saturated carbocycles. The van der Waals surface area contributed by atoms with Crippen molar-refractivity contribution in [1.82, 2.24) is 0 Å². The molecule has 0 aliphatic heterocycles. The SMILES string of the molecule is CCCCCCCCCC(=O)OC1C[C@@H](O)C[C@@H]2CC[C@@H]3[C@@H]4CC[C@H](C(C)=O)[C@@]4(C)CC[C@@H]3[C@@]12C. The molecule has 4 nitrogen and oxygen atoms in total. The molecule has 9 atom stereocenters. The molecule has 0 aromatic rings. The van der Waals surface area contributed by atoms with Crippen molar-refractivity contribution in [1.29, 1.82) is 0 Å². The van der Waals surface area contributed by atoms with Crippen molar-refractivity contribution in [2.24, 2.45) is 40.4 Å². The van der Waals surface area contributed by atoms with E-state index in [1.54, 1.807) is 6.92 Å². The number of Topliss-reactive ketones (excluding diaryl/α,β-unsaturated/α-hetero) is 1. The van der Waals surface area contributed by atoms with Crippen LogP contribution in [0.3, 0.4) is 0 Å². The number of hydrogen-bond donors (Lipinski definition) is 1. The summed E-state index contributed by atoms with van der Waals surface area (Å²) in [6.07, 6.45) is 16.6. The highest BCUT2D eigenvalue weighted by Gasteiger charge is 2.63. The first kappa shape index (κ1) is 27.1. The van der Waals surface area contributed by atoms with Crippen LogP contribution in [0, 0.1) is 40.4 Å². The minimum Gasteiger partial charge on any atom is -0.462 e. The minimum absolute atomic E-state index is 0.0480. The molecule has 0 amide bonds. The predicted molar refractivity (Wildman–Crippen MR) is 140 cm³/mol. The first-order valence-electron chi connectivity index (χ1n) is 15.1. The Hall–Kier alpha value is -0.900. The standard InChI is InChI=1S/C31H52O4/c1-5-6-7-8-9-10-11-12-29(34)35-28-20-23(33)19-22-13-14-24-26-16-15-25(21(2)32)30(26,3)18-17-27(24)31(22,28)4/h22-28,33H,5-20H2,1-4H3/t22-,23-,24+,25+,26-,27-,28?,30+,31-/m0/s1. The third kappa shape index (κ3) is 5.25. The molecule has 35 heavy (non-hydrogen) atoms. The third-order valence-electron chi connectivity index (χ3n) is 11.4. The van der Waals surface area contributed by atoms with E-state index in [9.17, 15) is 14.7 Å². The molecule has 4 aliphatic rings. The zero-order valence-corrected chi connectivity index (χ0v) is 23.0. The van der Waals surface area contributed by atoms with Gasteiger partial charge in [-0.3, -0.25) is 9.59 Å². The first-order valence-corrected chi connectivity index (χ1v) is 15.1. The van der Waals surface area contributed by atoms with Crippen molar-refractivity contribution in [3.05, 3.63) is 0 Å². The van der Waals surface area contributed by atoms with Gasteiger partial charge in [-0.25, -0.2) is 0 Å². The van der Waals surface area contributed by atoms with Gasteiger partial charge in [0, 0.05) is 24.2 Å². The van der Waals surface area contributed by atoms with E-state index in [-0.39, 0.29) is 34.9 Å². The molecule has 0 aromatic carbocycles. The molecule has 0 aromatic heterocycles. The summed E-state index contributed by atoms with van der Waals surface area (Å²) in [4.78, 5) is 25.4. The number of ketones is 1. The summed E-state index contributed by atoms with van der Waals surface area (Å²) in [6.45, 7) is 8.82. The monoisotopic (exact) mass is 488 g/mol. The first-order chi connectivity index (χ1) is 16.7. The molecule has 4 rings (SSSR count). The second kappa shape index (κ2) is 11.2.